The van der Waals surface area contributed by atoms with Gasteiger partial charge in [-0.2, -0.15) is 0 Å². The molecule has 4 aliphatic carbocycles. The number of aliphatic hydroxyl groups excluding tert-OH is 1. The molecule has 0 aromatic carbocycles. The normalized spacial score (nSPS) is 45.8. The number of ketones is 2. The summed E-state index contributed by atoms with van der Waals surface area (Å²) in [6, 6.07) is 0. The van der Waals surface area contributed by atoms with Gasteiger partial charge in [-0.25, -0.2) is 0 Å². The van der Waals surface area contributed by atoms with Gasteiger partial charge in [-0.3, -0.25) is 9.59 Å². The fourth-order valence-electron chi connectivity index (χ4n) is 6.85. The first-order valence-electron chi connectivity index (χ1n) is 9.90. The van der Waals surface area contributed by atoms with Crippen LogP contribution in [0.2, 0.25) is 0 Å². The van der Waals surface area contributed by atoms with E-state index < -0.39 is 0 Å². The zero-order valence-corrected chi connectivity index (χ0v) is 15.7. The predicted molar refractivity (Wildman–Crippen MR) is 96.8 cm³/mol. The van der Waals surface area contributed by atoms with Crippen molar-refractivity contribution in [3.8, 4) is 0 Å². The van der Waals surface area contributed by atoms with Crippen LogP contribution in [-0.2, 0) is 9.59 Å². The predicted octanol–water partition coefficient (Wildman–Crippen LogP) is 3.86. The third-order valence-electron chi connectivity index (χ3n) is 8.42. The molecule has 25 heavy (non-hydrogen) atoms. The lowest BCUT2D eigenvalue weighted by atomic mass is 9.49. The summed E-state index contributed by atoms with van der Waals surface area (Å²) in [6.07, 6.45) is 10.1. The van der Waals surface area contributed by atoms with E-state index in [9.17, 15) is 14.7 Å². The van der Waals surface area contributed by atoms with Crippen molar-refractivity contribution in [3.05, 3.63) is 23.3 Å². The molecule has 0 bridgehead atoms. The molecule has 2 saturated carbocycles. The van der Waals surface area contributed by atoms with Crippen molar-refractivity contribution < 1.29 is 14.7 Å². The van der Waals surface area contributed by atoms with Gasteiger partial charge >= 0.3 is 0 Å². The Labute approximate surface area is 150 Å². The minimum Gasteiger partial charge on any atom is -0.389 e. The summed E-state index contributed by atoms with van der Waals surface area (Å²) in [4.78, 5) is 24.4. The van der Waals surface area contributed by atoms with Gasteiger partial charge in [-0.15, -0.1) is 0 Å². The summed E-state index contributed by atoms with van der Waals surface area (Å²) in [5.41, 5.74) is 2.91. The van der Waals surface area contributed by atoms with Crippen molar-refractivity contribution >= 4 is 11.6 Å². The van der Waals surface area contributed by atoms with E-state index in [0.29, 0.717) is 24.2 Å². The Balaban J connectivity index is 1.75. The van der Waals surface area contributed by atoms with Crippen LogP contribution in [0.1, 0.15) is 59.3 Å². The Kier molecular flexibility index (Phi) is 3.88. The second kappa shape index (κ2) is 5.64. The van der Waals surface area contributed by atoms with Gasteiger partial charge in [0.05, 0.1) is 0 Å². The van der Waals surface area contributed by atoms with Gasteiger partial charge in [0.2, 0.25) is 0 Å². The molecule has 0 heterocycles. The summed E-state index contributed by atoms with van der Waals surface area (Å²) >= 11 is 0. The van der Waals surface area contributed by atoms with E-state index in [1.807, 2.05) is 6.08 Å². The Morgan fingerprint density at radius 3 is 2.76 bits per heavy atom. The second-order valence-corrected chi connectivity index (χ2v) is 9.32. The first-order valence-corrected chi connectivity index (χ1v) is 9.90. The maximum Gasteiger partial charge on any atom is 0.161 e. The van der Waals surface area contributed by atoms with E-state index in [4.69, 9.17) is 0 Å². The summed E-state index contributed by atoms with van der Waals surface area (Å²) in [7, 11) is 0. The fourth-order valence-corrected chi connectivity index (χ4v) is 6.85. The van der Waals surface area contributed by atoms with Gasteiger partial charge in [-0.05, 0) is 61.3 Å². The van der Waals surface area contributed by atoms with E-state index in [2.05, 4.69) is 26.8 Å². The van der Waals surface area contributed by atoms with Crippen LogP contribution in [0.25, 0.3) is 0 Å². The van der Waals surface area contributed by atoms with E-state index in [-0.39, 0.29) is 34.9 Å². The zero-order valence-electron chi connectivity index (χ0n) is 15.7. The van der Waals surface area contributed by atoms with Crippen molar-refractivity contribution in [2.24, 2.45) is 34.5 Å². The topological polar surface area (TPSA) is 54.4 Å². The number of allylic oxidation sites excluding steroid dienone is 4. The van der Waals surface area contributed by atoms with Crippen LogP contribution < -0.4 is 0 Å². The molecule has 0 aliphatic heterocycles. The van der Waals surface area contributed by atoms with Crippen molar-refractivity contribution in [1.82, 2.24) is 0 Å². The highest BCUT2D eigenvalue weighted by Crippen LogP contribution is 2.65. The highest BCUT2D eigenvalue weighted by Gasteiger charge is 2.58. The summed E-state index contributed by atoms with van der Waals surface area (Å²) in [6.45, 7) is 6.53. The van der Waals surface area contributed by atoms with Crippen LogP contribution >= 0.6 is 0 Å². The average Bonchev–Trinajstić information content (AvgIpc) is 2.93. The quantitative estimate of drug-likeness (QED) is 0.775. The van der Waals surface area contributed by atoms with Crippen LogP contribution in [0.15, 0.2) is 23.3 Å². The molecule has 3 nitrogen and oxygen atoms in total. The average molecular weight is 342 g/mol. The van der Waals surface area contributed by atoms with E-state index in [0.717, 1.165) is 32.1 Å². The molecule has 0 radical (unpaired) electrons. The molecule has 3 heteroatoms. The number of aliphatic hydroxyl groups is 1. The largest absolute Gasteiger partial charge is 0.389 e. The van der Waals surface area contributed by atoms with Crippen LogP contribution in [0.4, 0.5) is 0 Å². The molecule has 136 valence electrons. The Hall–Kier alpha value is -1.22. The molecule has 0 aromatic rings. The third-order valence-corrected chi connectivity index (χ3v) is 8.42. The van der Waals surface area contributed by atoms with Gasteiger partial charge in [0.25, 0.3) is 0 Å². The van der Waals surface area contributed by atoms with E-state index in [1.54, 1.807) is 5.57 Å². The highest BCUT2D eigenvalue weighted by molar-refractivity contribution is 5.92. The maximum atomic E-state index is 12.3. The molecule has 0 amide bonds. The molecule has 4 rings (SSSR count). The van der Waals surface area contributed by atoms with Crippen LogP contribution in [0, 0.1) is 34.5 Å². The smallest absolute Gasteiger partial charge is 0.161 e. The van der Waals surface area contributed by atoms with Gasteiger partial charge in [-0.1, -0.05) is 38.0 Å². The summed E-state index contributed by atoms with van der Waals surface area (Å²) < 4.78 is 0. The van der Waals surface area contributed by atoms with Crippen molar-refractivity contribution in [2.75, 3.05) is 6.61 Å². The molecule has 6 atom stereocenters. The Morgan fingerprint density at radius 2 is 2.04 bits per heavy atom. The van der Waals surface area contributed by atoms with Gasteiger partial charge in [0.15, 0.2) is 11.6 Å². The molecule has 4 aliphatic rings. The Morgan fingerprint density at radius 1 is 1.28 bits per heavy atom. The number of hydrogen-bond acceptors (Lipinski definition) is 3. The lowest BCUT2D eigenvalue weighted by Gasteiger charge is -2.55. The molecule has 0 aromatic heterocycles. The highest BCUT2D eigenvalue weighted by atomic mass is 16.3. The van der Waals surface area contributed by atoms with Crippen molar-refractivity contribution in [1.29, 1.82) is 0 Å². The maximum absolute atomic E-state index is 12.3. The summed E-state index contributed by atoms with van der Waals surface area (Å²) in [5, 5.41) is 9.38. The summed E-state index contributed by atoms with van der Waals surface area (Å²) in [5.74, 6) is 1.75. The van der Waals surface area contributed by atoms with Gasteiger partial charge < -0.3 is 5.11 Å². The second-order valence-electron chi connectivity index (χ2n) is 9.32. The molecule has 1 unspecified atom stereocenters. The molecule has 0 saturated heterocycles. The first-order chi connectivity index (χ1) is 11.8. The van der Waals surface area contributed by atoms with Crippen LogP contribution in [0.3, 0.4) is 0 Å². The molecule has 2 fully saturated rings. The Bertz CT molecular complexity index is 687. The minimum absolute atomic E-state index is 0.000712. The van der Waals surface area contributed by atoms with Crippen molar-refractivity contribution in [3.63, 3.8) is 0 Å². The number of hydrogen-bond donors (Lipinski definition) is 1. The van der Waals surface area contributed by atoms with Crippen LogP contribution in [0.5, 0.6) is 0 Å². The number of Topliss-reactive ketones (excluding diaryl/α,β-unsaturated/α-hetero) is 1. The molecular formula is C22H30O3. The fraction of sp³-hybridized carbons (Fsp3) is 0.727. The third kappa shape index (κ3) is 2.21. The van der Waals surface area contributed by atoms with Crippen molar-refractivity contribution in [2.45, 2.75) is 59.3 Å². The standard InChI is InChI=1S/C22H30O3/c1-13-10-15(24)11-14-4-5-16-17-6-7-19(20(25)12-23)21(17,2)9-8-18(16)22(13,14)3/h8,11,13,16-17,19,23H,4-7,9-10,12H2,1-3H3/t13?,16-,17-,19+,21-,22-/m0/s1. The number of carbonyl (C=O) groups excluding carboxylic acids is 2. The lowest BCUT2D eigenvalue weighted by Crippen LogP contribution is -2.48. The number of rotatable bonds is 2. The van der Waals surface area contributed by atoms with E-state index >= 15 is 0 Å². The SMILES string of the molecule is CC1CC(=O)C=C2CC[C@@H]3C(=CC[C@]4(C)[C@@H](C(=O)CO)CC[C@@H]34)[C@]21C. The molecule has 1 N–H and O–H groups in total. The number of carbonyl (C=O) groups is 2. The molecular weight excluding hydrogens is 312 g/mol. The first kappa shape index (κ1) is 17.2. The van der Waals surface area contributed by atoms with Gasteiger partial charge in [0.1, 0.15) is 6.61 Å². The monoisotopic (exact) mass is 342 g/mol. The zero-order chi connectivity index (χ0) is 18.0. The van der Waals surface area contributed by atoms with E-state index in [1.165, 1.54) is 5.57 Å². The molecule has 0 spiro atoms. The lowest BCUT2D eigenvalue weighted by molar-refractivity contribution is -0.129. The minimum atomic E-state index is -0.321. The number of fused-ring (bicyclic) bond motifs is 5. The van der Waals surface area contributed by atoms with Crippen LogP contribution in [-0.4, -0.2) is 23.3 Å². The van der Waals surface area contributed by atoms with Gasteiger partial charge in [0, 0.05) is 17.8 Å².